The van der Waals surface area contributed by atoms with Crippen LogP contribution >= 0.6 is 11.3 Å². The van der Waals surface area contributed by atoms with Gasteiger partial charge in [0.25, 0.3) is 5.91 Å². The molecule has 1 heterocycles. The fraction of sp³-hybridized carbons (Fsp3) is 0.478. The van der Waals surface area contributed by atoms with E-state index in [1.165, 1.54) is 21.8 Å². The van der Waals surface area contributed by atoms with Gasteiger partial charge < -0.3 is 15.8 Å². The first-order chi connectivity index (χ1) is 13.8. The number of rotatable bonds is 8. The van der Waals surface area contributed by atoms with Gasteiger partial charge in [0.1, 0.15) is 10.8 Å². The number of hydrogen-bond acceptors (Lipinski definition) is 4. The predicted octanol–water partition coefficient (Wildman–Crippen LogP) is 4.89. The molecule has 1 aromatic carbocycles. The van der Waals surface area contributed by atoms with Crippen LogP contribution in [0.5, 0.6) is 5.75 Å². The molecule has 6 heteroatoms. The Kier molecular flexibility index (Phi) is 6.96. The molecule has 2 amide bonds. The Bertz CT molecular complexity index is 871. The van der Waals surface area contributed by atoms with E-state index in [4.69, 9.17) is 10.5 Å². The molecule has 0 aliphatic heterocycles. The Morgan fingerprint density at radius 1 is 1.28 bits per heavy atom. The van der Waals surface area contributed by atoms with E-state index in [0.29, 0.717) is 41.8 Å². The second-order valence-electron chi connectivity index (χ2n) is 8.14. The molecule has 1 aliphatic rings. The smallest absolute Gasteiger partial charge is 0.251 e. The van der Waals surface area contributed by atoms with Crippen molar-refractivity contribution in [2.45, 2.75) is 58.8 Å². The topological polar surface area (TPSA) is 81.4 Å². The van der Waals surface area contributed by atoms with Crippen LogP contribution in [-0.2, 0) is 17.6 Å². The summed E-state index contributed by atoms with van der Waals surface area (Å²) in [7, 11) is 0. The van der Waals surface area contributed by atoms with E-state index in [1.54, 1.807) is 0 Å². The molecular weight excluding hydrogens is 384 g/mol. The monoisotopic (exact) mass is 414 g/mol. The molecule has 1 unspecified atom stereocenters. The summed E-state index contributed by atoms with van der Waals surface area (Å²) in [4.78, 5) is 25.5. The average Bonchev–Trinajstić information content (AvgIpc) is 3.02. The van der Waals surface area contributed by atoms with E-state index >= 15 is 0 Å². The summed E-state index contributed by atoms with van der Waals surface area (Å²) >= 11 is 1.50. The van der Waals surface area contributed by atoms with Crippen molar-refractivity contribution in [3.8, 4) is 5.75 Å². The number of nitrogens with one attached hydrogen (secondary N) is 1. The molecule has 0 bridgehead atoms. The fourth-order valence-corrected chi connectivity index (χ4v) is 5.09. The first kappa shape index (κ1) is 21.4. The number of hydrogen-bond donors (Lipinski definition) is 2. The number of amides is 2. The molecule has 0 spiro atoms. The van der Waals surface area contributed by atoms with Crippen LogP contribution in [0.25, 0.3) is 0 Å². The quantitative estimate of drug-likeness (QED) is 0.603. The van der Waals surface area contributed by atoms with Crippen LogP contribution in [0.2, 0.25) is 0 Å². The van der Waals surface area contributed by atoms with E-state index < -0.39 is 5.91 Å². The number of primary amides is 1. The van der Waals surface area contributed by atoms with Gasteiger partial charge in [0.05, 0.1) is 12.2 Å². The van der Waals surface area contributed by atoms with Crippen LogP contribution in [0.4, 0.5) is 5.00 Å². The molecule has 5 nitrogen and oxygen atoms in total. The highest BCUT2D eigenvalue weighted by Crippen LogP contribution is 2.39. The summed E-state index contributed by atoms with van der Waals surface area (Å²) in [6, 6.07) is 8.06. The molecule has 0 fully saturated rings. The lowest BCUT2D eigenvalue weighted by Gasteiger charge is -2.18. The lowest BCUT2D eigenvalue weighted by molar-refractivity contribution is -0.116. The molecule has 3 N–H and O–H groups in total. The van der Waals surface area contributed by atoms with Gasteiger partial charge in [-0.15, -0.1) is 11.3 Å². The third kappa shape index (κ3) is 5.38. The minimum absolute atomic E-state index is 0.113. The zero-order valence-electron chi connectivity index (χ0n) is 17.4. The van der Waals surface area contributed by atoms with Gasteiger partial charge in [-0.25, -0.2) is 0 Å². The van der Waals surface area contributed by atoms with Gasteiger partial charge in [0.2, 0.25) is 5.91 Å². The number of anilines is 1. The Morgan fingerprint density at radius 3 is 2.66 bits per heavy atom. The molecule has 1 atom stereocenters. The van der Waals surface area contributed by atoms with Gasteiger partial charge in [-0.05, 0) is 60.8 Å². The zero-order chi connectivity index (χ0) is 21.0. The molecular formula is C23H30N2O3S. The summed E-state index contributed by atoms with van der Waals surface area (Å²) in [5.74, 6) is 1.32. The maximum atomic E-state index is 12.4. The van der Waals surface area contributed by atoms with Crippen LogP contribution in [0.15, 0.2) is 24.3 Å². The Hall–Kier alpha value is -2.34. The Morgan fingerprint density at radius 2 is 2.00 bits per heavy atom. The van der Waals surface area contributed by atoms with E-state index in [2.05, 4.69) is 38.2 Å². The first-order valence-corrected chi connectivity index (χ1v) is 11.1. The number of fused-ring (bicyclic) bond motifs is 1. The maximum absolute atomic E-state index is 12.4. The van der Waals surface area contributed by atoms with Crippen molar-refractivity contribution >= 4 is 28.2 Å². The molecule has 0 radical (unpaired) electrons. The Labute approximate surface area is 176 Å². The first-order valence-electron chi connectivity index (χ1n) is 10.3. The highest BCUT2D eigenvalue weighted by Gasteiger charge is 2.27. The van der Waals surface area contributed by atoms with Crippen LogP contribution < -0.4 is 15.8 Å². The molecule has 1 aliphatic carbocycles. The van der Waals surface area contributed by atoms with Crippen LogP contribution in [0.3, 0.4) is 0 Å². The van der Waals surface area contributed by atoms with Crippen molar-refractivity contribution in [2.24, 2.45) is 11.7 Å². The van der Waals surface area contributed by atoms with Gasteiger partial charge in [-0.2, -0.15) is 0 Å². The highest BCUT2D eigenvalue weighted by atomic mass is 32.1. The van der Waals surface area contributed by atoms with E-state index in [-0.39, 0.29) is 5.91 Å². The number of carbonyl (C=O) groups is 2. The van der Waals surface area contributed by atoms with Crippen molar-refractivity contribution in [3.63, 3.8) is 0 Å². The SMILES string of the molecule is CC1CCc2c(sc(NC(=O)CCCOc3ccc(C(C)C)cc3)c2C(N)=O)C1. The van der Waals surface area contributed by atoms with Gasteiger partial charge >= 0.3 is 0 Å². The van der Waals surface area contributed by atoms with Crippen molar-refractivity contribution in [1.29, 1.82) is 0 Å². The summed E-state index contributed by atoms with van der Waals surface area (Å²) in [5.41, 5.74) is 8.42. The minimum Gasteiger partial charge on any atom is -0.494 e. The van der Waals surface area contributed by atoms with Crippen molar-refractivity contribution in [1.82, 2.24) is 0 Å². The third-order valence-electron chi connectivity index (χ3n) is 5.37. The maximum Gasteiger partial charge on any atom is 0.251 e. The molecule has 2 aromatic rings. The van der Waals surface area contributed by atoms with Crippen LogP contribution in [0.1, 0.15) is 72.3 Å². The van der Waals surface area contributed by atoms with E-state index in [0.717, 1.165) is 30.6 Å². The van der Waals surface area contributed by atoms with Crippen molar-refractivity contribution in [2.75, 3.05) is 11.9 Å². The number of thiophene rings is 1. The van der Waals surface area contributed by atoms with E-state index in [9.17, 15) is 9.59 Å². The van der Waals surface area contributed by atoms with Gasteiger partial charge in [-0.3, -0.25) is 9.59 Å². The summed E-state index contributed by atoms with van der Waals surface area (Å²) in [5, 5.41) is 3.51. The predicted molar refractivity (Wildman–Crippen MR) is 118 cm³/mol. The number of ether oxygens (including phenoxy) is 1. The van der Waals surface area contributed by atoms with Gasteiger partial charge in [-0.1, -0.05) is 32.9 Å². The molecule has 1 aromatic heterocycles. The highest BCUT2D eigenvalue weighted by molar-refractivity contribution is 7.17. The van der Waals surface area contributed by atoms with Crippen LogP contribution in [-0.4, -0.2) is 18.4 Å². The number of benzene rings is 1. The summed E-state index contributed by atoms with van der Waals surface area (Å²) in [6.07, 6.45) is 3.78. The fourth-order valence-electron chi connectivity index (χ4n) is 3.66. The number of nitrogens with two attached hydrogens (primary N) is 1. The van der Waals surface area contributed by atoms with Crippen LogP contribution in [0, 0.1) is 5.92 Å². The molecule has 0 saturated carbocycles. The molecule has 3 rings (SSSR count). The van der Waals surface area contributed by atoms with Crippen molar-refractivity contribution in [3.05, 3.63) is 45.8 Å². The lowest BCUT2D eigenvalue weighted by Crippen LogP contribution is -2.19. The second kappa shape index (κ2) is 9.44. The third-order valence-corrected chi connectivity index (χ3v) is 6.54. The van der Waals surface area contributed by atoms with Crippen molar-refractivity contribution < 1.29 is 14.3 Å². The van der Waals surface area contributed by atoms with E-state index in [1.807, 2.05) is 12.1 Å². The minimum atomic E-state index is -0.458. The standard InChI is InChI=1S/C23H30N2O3S/c1-14(2)16-7-9-17(10-8-16)28-12-4-5-20(26)25-23-21(22(24)27)18-11-6-15(3)13-19(18)29-23/h7-10,14-15H,4-6,11-13H2,1-3H3,(H2,24,27)(H,25,26). The summed E-state index contributed by atoms with van der Waals surface area (Å²) < 4.78 is 5.73. The zero-order valence-corrected chi connectivity index (χ0v) is 18.2. The normalized spacial score (nSPS) is 15.8. The molecule has 156 valence electrons. The molecule has 0 saturated heterocycles. The lowest BCUT2D eigenvalue weighted by atomic mass is 9.88. The Balaban J connectivity index is 1.51. The van der Waals surface area contributed by atoms with Gasteiger partial charge in [0.15, 0.2) is 0 Å². The molecule has 29 heavy (non-hydrogen) atoms. The second-order valence-corrected chi connectivity index (χ2v) is 9.25. The average molecular weight is 415 g/mol. The van der Waals surface area contributed by atoms with Gasteiger partial charge in [0, 0.05) is 11.3 Å². The number of carbonyl (C=O) groups excluding carboxylic acids is 2. The largest absolute Gasteiger partial charge is 0.494 e. The summed E-state index contributed by atoms with van der Waals surface area (Å²) in [6.45, 7) is 6.99.